The number of carbonyl (C=O) groups excluding carboxylic acids is 1. The first-order valence-electron chi connectivity index (χ1n) is 4.55. The van der Waals surface area contributed by atoms with E-state index in [1.165, 1.54) is 0 Å². The van der Waals surface area contributed by atoms with Crippen LogP contribution in [-0.4, -0.2) is 19.2 Å². The Kier molecular flexibility index (Phi) is 5.85. The zero-order chi connectivity index (χ0) is 10.3. The molecule has 3 nitrogen and oxygen atoms in total. The fourth-order valence-electron chi connectivity index (χ4n) is 0.782. The van der Waals surface area contributed by atoms with Crippen molar-refractivity contribution in [2.45, 2.75) is 27.2 Å². The summed E-state index contributed by atoms with van der Waals surface area (Å²) in [7, 11) is 1.69. The van der Waals surface area contributed by atoms with Crippen LogP contribution in [0.25, 0.3) is 0 Å². The van der Waals surface area contributed by atoms with E-state index in [1.54, 1.807) is 13.3 Å². The van der Waals surface area contributed by atoms with E-state index >= 15 is 0 Å². The number of allylic oxidation sites excluding steroid dienone is 2. The third-order valence-corrected chi connectivity index (χ3v) is 1.48. The molecule has 0 saturated carbocycles. The van der Waals surface area contributed by atoms with Crippen LogP contribution in [0.15, 0.2) is 16.8 Å². The van der Waals surface area contributed by atoms with Gasteiger partial charge < -0.3 is 5.32 Å². The maximum Gasteiger partial charge on any atom is 0.226 e. The number of hydrogen-bond acceptors (Lipinski definition) is 2. The van der Waals surface area contributed by atoms with Crippen LogP contribution >= 0.6 is 0 Å². The summed E-state index contributed by atoms with van der Waals surface area (Å²) in [6.45, 7) is 5.75. The van der Waals surface area contributed by atoms with Crippen LogP contribution in [0, 0.1) is 5.92 Å². The maximum absolute atomic E-state index is 11.3. The molecule has 0 aromatic carbocycles. The molecule has 1 N–H and O–H groups in total. The van der Waals surface area contributed by atoms with Crippen LogP contribution in [0.2, 0.25) is 0 Å². The molecule has 0 bridgehead atoms. The average molecular weight is 182 g/mol. The van der Waals surface area contributed by atoms with Crippen molar-refractivity contribution < 1.29 is 4.79 Å². The molecule has 0 fully saturated rings. The summed E-state index contributed by atoms with van der Waals surface area (Å²) in [5, 5.41) is 2.79. The van der Waals surface area contributed by atoms with E-state index in [4.69, 9.17) is 0 Å². The minimum absolute atomic E-state index is 0.00510. The lowest BCUT2D eigenvalue weighted by Gasteiger charge is -2.07. The van der Waals surface area contributed by atoms with Gasteiger partial charge in [-0.1, -0.05) is 26.8 Å². The van der Waals surface area contributed by atoms with Crippen LogP contribution in [0.5, 0.6) is 0 Å². The largest absolute Gasteiger partial charge is 0.325 e. The molecule has 0 aliphatic rings. The number of amides is 1. The first kappa shape index (κ1) is 11.9. The molecule has 3 heteroatoms. The zero-order valence-corrected chi connectivity index (χ0v) is 8.79. The molecular weight excluding hydrogens is 164 g/mol. The molecule has 0 aromatic rings. The van der Waals surface area contributed by atoms with Crippen molar-refractivity contribution in [1.29, 1.82) is 0 Å². The van der Waals surface area contributed by atoms with E-state index in [0.29, 0.717) is 0 Å². The predicted molar refractivity (Wildman–Crippen MR) is 55.8 cm³/mol. The zero-order valence-electron chi connectivity index (χ0n) is 8.79. The van der Waals surface area contributed by atoms with Gasteiger partial charge in [-0.05, 0) is 6.42 Å². The SMILES string of the molecule is CC/C=C(\C=NC)NC(=O)C(C)C. The van der Waals surface area contributed by atoms with Crippen molar-refractivity contribution in [2.75, 3.05) is 7.05 Å². The summed E-state index contributed by atoms with van der Waals surface area (Å²) >= 11 is 0. The molecule has 1 amide bonds. The normalized spacial score (nSPS) is 12.5. The standard InChI is InChI=1S/C10H18N2O/c1-5-6-9(7-11-4)12-10(13)8(2)3/h6-8H,5H2,1-4H3,(H,12,13)/b9-6+,11-7?. The van der Waals surface area contributed by atoms with Crippen LogP contribution in [-0.2, 0) is 4.79 Å². The summed E-state index contributed by atoms with van der Waals surface area (Å²) in [4.78, 5) is 15.1. The molecule has 0 aliphatic heterocycles. The molecule has 0 aliphatic carbocycles. The van der Waals surface area contributed by atoms with Crippen LogP contribution in [0.1, 0.15) is 27.2 Å². The molecule has 0 rings (SSSR count). The Morgan fingerprint density at radius 1 is 1.54 bits per heavy atom. The Morgan fingerprint density at radius 3 is 2.54 bits per heavy atom. The first-order valence-corrected chi connectivity index (χ1v) is 4.55. The first-order chi connectivity index (χ1) is 6.11. The van der Waals surface area contributed by atoms with Gasteiger partial charge in [-0.2, -0.15) is 0 Å². The predicted octanol–water partition coefficient (Wildman–Crippen LogP) is 1.75. The maximum atomic E-state index is 11.3. The molecule has 0 spiro atoms. The third-order valence-electron chi connectivity index (χ3n) is 1.48. The minimum Gasteiger partial charge on any atom is -0.325 e. The van der Waals surface area contributed by atoms with Gasteiger partial charge in [0.25, 0.3) is 0 Å². The smallest absolute Gasteiger partial charge is 0.226 e. The van der Waals surface area contributed by atoms with Crippen LogP contribution < -0.4 is 5.32 Å². The Hall–Kier alpha value is -1.12. The van der Waals surface area contributed by atoms with Crippen LogP contribution in [0.4, 0.5) is 0 Å². The van der Waals surface area contributed by atoms with E-state index in [-0.39, 0.29) is 11.8 Å². The van der Waals surface area contributed by atoms with Gasteiger partial charge in [-0.3, -0.25) is 9.79 Å². The van der Waals surface area contributed by atoms with E-state index in [1.807, 2.05) is 26.8 Å². The van der Waals surface area contributed by atoms with Gasteiger partial charge in [0.2, 0.25) is 5.91 Å². The van der Waals surface area contributed by atoms with Crippen molar-refractivity contribution in [2.24, 2.45) is 10.9 Å². The molecule has 0 unspecified atom stereocenters. The summed E-state index contributed by atoms with van der Waals surface area (Å²) < 4.78 is 0. The number of hydrogen-bond donors (Lipinski definition) is 1. The van der Waals surface area contributed by atoms with E-state index < -0.39 is 0 Å². The van der Waals surface area contributed by atoms with Crippen molar-refractivity contribution in [3.63, 3.8) is 0 Å². The van der Waals surface area contributed by atoms with Crippen LogP contribution in [0.3, 0.4) is 0 Å². The monoisotopic (exact) mass is 182 g/mol. The topological polar surface area (TPSA) is 41.5 Å². The van der Waals surface area contributed by atoms with E-state index in [0.717, 1.165) is 12.1 Å². The second-order valence-electron chi connectivity index (χ2n) is 3.10. The molecule has 0 heterocycles. The second-order valence-corrected chi connectivity index (χ2v) is 3.10. The number of nitrogens with zero attached hydrogens (tertiary/aromatic N) is 1. The van der Waals surface area contributed by atoms with Gasteiger partial charge in [0.1, 0.15) is 0 Å². The lowest BCUT2D eigenvalue weighted by molar-refractivity contribution is -0.123. The van der Waals surface area contributed by atoms with Gasteiger partial charge >= 0.3 is 0 Å². The van der Waals surface area contributed by atoms with Gasteiger partial charge in [-0.15, -0.1) is 0 Å². The van der Waals surface area contributed by atoms with Crippen molar-refractivity contribution in [3.8, 4) is 0 Å². The number of rotatable bonds is 4. The van der Waals surface area contributed by atoms with E-state index in [2.05, 4.69) is 10.3 Å². The molecule has 13 heavy (non-hydrogen) atoms. The van der Waals surface area contributed by atoms with Crippen molar-refractivity contribution in [1.82, 2.24) is 5.32 Å². The highest BCUT2D eigenvalue weighted by Gasteiger charge is 2.06. The average Bonchev–Trinajstić information content (AvgIpc) is 2.05. The number of nitrogens with one attached hydrogen (secondary N) is 1. The number of carbonyl (C=O) groups is 1. The second kappa shape index (κ2) is 6.40. The molecule has 74 valence electrons. The Morgan fingerprint density at radius 2 is 2.15 bits per heavy atom. The molecule has 0 atom stereocenters. The lowest BCUT2D eigenvalue weighted by Crippen LogP contribution is -2.27. The van der Waals surface area contributed by atoms with Gasteiger partial charge in [0.15, 0.2) is 0 Å². The Labute approximate surface area is 79.9 Å². The fourth-order valence-corrected chi connectivity index (χ4v) is 0.782. The fraction of sp³-hybridized carbons (Fsp3) is 0.600. The third kappa shape index (κ3) is 5.17. The van der Waals surface area contributed by atoms with E-state index in [9.17, 15) is 4.79 Å². The summed E-state index contributed by atoms with van der Waals surface area (Å²) in [5.41, 5.74) is 0.781. The summed E-state index contributed by atoms with van der Waals surface area (Å²) in [6.07, 6.45) is 4.48. The molecule has 0 saturated heterocycles. The van der Waals surface area contributed by atoms with Crippen molar-refractivity contribution in [3.05, 3.63) is 11.8 Å². The highest BCUT2D eigenvalue weighted by Crippen LogP contribution is 1.95. The number of aliphatic imine (C=N–C) groups is 1. The van der Waals surface area contributed by atoms with Gasteiger partial charge in [0.05, 0.1) is 5.70 Å². The quantitative estimate of drug-likeness (QED) is 0.661. The van der Waals surface area contributed by atoms with Gasteiger partial charge in [-0.25, -0.2) is 0 Å². The van der Waals surface area contributed by atoms with Crippen molar-refractivity contribution >= 4 is 12.1 Å². The highest BCUT2D eigenvalue weighted by atomic mass is 16.1. The minimum atomic E-state index is 0.00510. The molecule has 0 aromatic heterocycles. The molecular formula is C10H18N2O. The highest BCUT2D eigenvalue weighted by molar-refractivity contribution is 5.88. The van der Waals surface area contributed by atoms with Gasteiger partial charge in [0, 0.05) is 19.2 Å². The summed E-state index contributed by atoms with van der Waals surface area (Å²) in [6, 6.07) is 0. The molecule has 0 radical (unpaired) electrons. The summed E-state index contributed by atoms with van der Waals surface area (Å²) in [5.74, 6) is 0.0325. The lowest BCUT2D eigenvalue weighted by atomic mass is 10.2. The Bertz CT molecular complexity index is 217. The Balaban J connectivity index is 4.27.